The van der Waals surface area contributed by atoms with Crippen LogP contribution in [0.4, 0.5) is 13.2 Å². The monoisotopic (exact) mass is 255 g/mol. The summed E-state index contributed by atoms with van der Waals surface area (Å²) >= 11 is 0. The van der Waals surface area contributed by atoms with E-state index in [1.807, 2.05) is 0 Å². The van der Waals surface area contributed by atoms with E-state index in [1.54, 1.807) is 27.7 Å². The topological polar surface area (TPSA) is 29.5 Å². The molecular weight excluding hydrogens is 235 g/mol. The van der Waals surface area contributed by atoms with Gasteiger partial charge < -0.3 is 4.74 Å². The lowest BCUT2D eigenvalue weighted by Gasteiger charge is -2.33. The zero-order valence-electron chi connectivity index (χ0n) is 10.9. The second kappa shape index (κ2) is 5.71. The van der Waals surface area contributed by atoms with Crippen molar-refractivity contribution in [1.29, 1.82) is 0 Å². The van der Waals surface area contributed by atoms with E-state index >= 15 is 0 Å². The molecule has 0 aliphatic carbocycles. The van der Waals surface area contributed by atoms with Crippen LogP contribution in [-0.4, -0.2) is 43.3 Å². The average molecular weight is 255 g/mol. The molecule has 0 radical (unpaired) electrons. The summed E-state index contributed by atoms with van der Waals surface area (Å²) in [6, 6.07) is -0.291. The second-order valence-electron chi connectivity index (χ2n) is 4.99. The minimum absolute atomic E-state index is 0.0108. The highest BCUT2D eigenvalue weighted by atomic mass is 19.4. The highest BCUT2D eigenvalue weighted by Gasteiger charge is 2.37. The molecule has 0 aliphatic heterocycles. The quantitative estimate of drug-likeness (QED) is 0.707. The van der Waals surface area contributed by atoms with Crippen LogP contribution in [0.2, 0.25) is 0 Å². The maximum Gasteiger partial charge on any atom is 0.401 e. The Labute approximate surface area is 99.9 Å². The number of carbonyl (C=O) groups excluding carboxylic acids is 1. The molecule has 0 N–H and O–H groups in total. The largest absolute Gasteiger partial charge is 0.469 e. The van der Waals surface area contributed by atoms with Crippen molar-refractivity contribution in [2.24, 2.45) is 5.41 Å². The van der Waals surface area contributed by atoms with Gasteiger partial charge in [-0.15, -0.1) is 0 Å². The van der Waals surface area contributed by atoms with Crippen molar-refractivity contribution in [3.8, 4) is 0 Å². The fourth-order valence-corrected chi connectivity index (χ4v) is 1.50. The van der Waals surface area contributed by atoms with Gasteiger partial charge in [-0.2, -0.15) is 13.2 Å². The molecule has 0 aromatic heterocycles. The molecule has 0 bridgehead atoms. The van der Waals surface area contributed by atoms with E-state index in [4.69, 9.17) is 0 Å². The number of carbonyl (C=O) groups is 1. The summed E-state index contributed by atoms with van der Waals surface area (Å²) in [6.07, 6.45) is -4.27. The normalized spacial score (nSPS) is 13.3. The van der Waals surface area contributed by atoms with Crippen LogP contribution < -0.4 is 0 Å². The molecule has 0 heterocycles. The van der Waals surface area contributed by atoms with Gasteiger partial charge in [0.25, 0.3) is 0 Å². The van der Waals surface area contributed by atoms with E-state index < -0.39 is 24.1 Å². The summed E-state index contributed by atoms with van der Waals surface area (Å²) in [5, 5.41) is 0. The molecule has 0 atom stereocenters. The van der Waals surface area contributed by atoms with E-state index in [2.05, 4.69) is 4.74 Å². The van der Waals surface area contributed by atoms with Crippen molar-refractivity contribution in [2.75, 3.05) is 20.2 Å². The summed E-state index contributed by atoms with van der Waals surface area (Å²) in [5.41, 5.74) is -0.954. The molecule has 3 nitrogen and oxygen atoms in total. The van der Waals surface area contributed by atoms with Crippen LogP contribution in [-0.2, 0) is 9.53 Å². The number of rotatable bonds is 5. The molecule has 102 valence electrons. The van der Waals surface area contributed by atoms with Gasteiger partial charge in [-0.05, 0) is 27.7 Å². The number of ether oxygens (including phenoxy) is 1. The van der Waals surface area contributed by atoms with Gasteiger partial charge in [0.05, 0.1) is 19.1 Å². The van der Waals surface area contributed by atoms with E-state index in [0.29, 0.717) is 0 Å². The van der Waals surface area contributed by atoms with Crippen molar-refractivity contribution in [2.45, 2.75) is 39.9 Å². The molecule has 0 amide bonds. The molecule has 0 aromatic rings. The first kappa shape index (κ1) is 16.2. The summed E-state index contributed by atoms with van der Waals surface area (Å²) < 4.78 is 41.7. The van der Waals surface area contributed by atoms with Crippen molar-refractivity contribution in [3.63, 3.8) is 0 Å². The maximum absolute atomic E-state index is 12.4. The Bertz CT molecular complexity index is 262. The molecule has 0 spiro atoms. The van der Waals surface area contributed by atoms with Crippen LogP contribution in [0.1, 0.15) is 27.7 Å². The lowest BCUT2D eigenvalue weighted by Crippen LogP contribution is -2.46. The van der Waals surface area contributed by atoms with E-state index in [9.17, 15) is 18.0 Å². The van der Waals surface area contributed by atoms with Crippen LogP contribution in [0.25, 0.3) is 0 Å². The van der Waals surface area contributed by atoms with E-state index in [-0.39, 0.29) is 12.6 Å². The standard InChI is InChI=1S/C11H20F3NO2/c1-8(2)15(7-11(12,13)14)6-10(3,4)9(16)17-5/h8H,6-7H2,1-5H3. The summed E-state index contributed by atoms with van der Waals surface area (Å²) in [6.45, 7) is 5.47. The average Bonchev–Trinajstić information content (AvgIpc) is 2.12. The number of alkyl halides is 3. The molecule has 6 heteroatoms. The molecule has 0 fully saturated rings. The Hall–Kier alpha value is -0.780. The van der Waals surface area contributed by atoms with Crippen LogP contribution in [0.15, 0.2) is 0 Å². The Morgan fingerprint density at radius 2 is 1.71 bits per heavy atom. The third-order valence-electron chi connectivity index (χ3n) is 2.45. The lowest BCUT2D eigenvalue weighted by atomic mass is 9.92. The van der Waals surface area contributed by atoms with Gasteiger partial charge >= 0.3 is 12.1 Å². The second-order valence-corrected chi connectivity index (χ2v) is 4.99. The first-order chi connectivity index (χ1) is 7.49. The molecule has 17 heavy (non-hydrogen) atoms. The van der Waals surface area contributed by atoms with Gasteiger partial charge in [-0.3, -0.25) is 9.69 Å². The zero-order valence-corrected chi connectivity index (χ0v) is 10.9. The van der Waals surface area contributed by atoms with Gasteiger partial charge in [0.1, 0.15) is 0 Å². The number of hydrogen-bond donors (Lipinski definition) is 0. The summed E-state index contributed by atoms with van der Waals surface area (Å²) in [5.74, 6) is -0.509. The minimum Gasteiger partial charge on any atom is -0.469 e. The zero-order chi connectivity index (χ0) is 13.9. The van der Waals surface area contributed by atoms with Crippen molar-refractivity contribution in [1.82, 2.24) is 4.90 Å². The smallest absolute Gasteiger partial charge is 0.401 e. The molecule has 0 unspecified atom stereocenters. The van der Waals surface area contributed by atoms with Crippen molar-refractivity contribution < 1.29 is 22.7 Å². The molecule has 0 saturated carbocycles. The first-order valence-electron chi connectivity index (χ1n) is 5.39. The fraction of sp³-hybridized carbons (Fsp3) is 0.909. The van der Waals surface area contributed by atoms with Crippen molar-refractivity contribution in [3.05, 3.63) is 0 Å². The SMILES string of the molecule is COC(=O)C(C)(C)CN(CC(F)(F)F)C(C)C. The predicted molar refractivity (Wildman–Crippen MR) is 58.6 cm³/mol. The Kier molecular flexibility index (Phi) is 5.45. The highest BCUT2D eigenvalue weighted by molar-refractivity contribution is 5.76. The Morgan fingerprint density at radius 1 is 1.24 bits per heavy atom. The van der Waals surface area contributed by atoms with Crippen LogP contribution >= 0.6 is 0 Å². The number of hydrogen-bond acceptors (Lipinski definition) is 3. The van der Waals surface area contributed by atoms with Crippen LogP contribution in [0, 0.1) is 5.41 Å². The number of methoxy groups -OCH3 is 1. The fourth-order valence-electron chi connectivity index (χ4n) is 1.50. The number of halogens is 3. The Balaban J connectivity index is 4.71. The third kappa shape index (κ3) is 5.91. The molecule has 0 aromatic carbocycles. The molecular formula is C11H20F3NO2. The summed E-state index contributed by atoms with van der Waals surface area (Å²) in [7, 11) is 1.23. The van der Waals surface area contributed by atoms with E-state index in [1.165, 1.54) is 12.0 Å². The Morgan fingerprint density at radius 3 is 2.00 bits per heavy atom. The van der Waals surface area contributed by atoms with Crippen LogP contribution in [0.5, 0.6) is 0 Å². The number of nitrogens with zero attached hydrogens (tertiary/aromatic N) is 1. The summed E-state index contributed by atoms with van der Waals surface area (Å²) in [4.78, 5) is 12.6. The van der Waals surface area contributed by atoms with Crippen LogP contribution in [0.3, 0.4) is 0 Å². The first-order valence-corrected chi connectivity index (χ1v) is 5.39. The molecule has 0 saturated heterocycles. The third-order valence-corrected chi connectivity index (χ3v) is 2.45. The molecule has 0 aliphatic rings. The lowest BCUT2D eigenvalue weighted by molar-refractivity contribution is -0.163. The highest BCUT2D eigenvalue weighted by Crippen LogP contribution is 2.24. The minimum atomic E-state index is -4.27. The number of esters is 1. The van der Waals surface area contributed by atoms with Gasteiger partial charge in [0, 0.05) is 12.6 Å². The van der Waals surface area contributed by atoms with Crippen molar-refractivity contribution >= 4 is 5.97 Å². The van der Waals surface area contributed by atoms with E-state index in [0.717, 1.165) is 0 Å². The maximum atomic E-state index is 12.4. The predicted octanol–water partition coefficient (Wildman–Crippen LogP) is 2.46. The molecule has 0 rings (SSSR count). The van der Waals surface area contributed by atoms with Gasteiger partial charge in [0.15, 0.2) is 0 Å². The van der Waals surface area contributed by atoms with Gasteiger partial charge in [0.2, 0.25) is 0 Å². The van der Waals surface area contributed by atoms with Gasteiger partial charge in [-0.25, -0.2) is 0 Å². The van der Waals surface area contributed by atoms with Gasteiger partial charge in [-0.1, -0.05) is 0 Å².